The van der Waals surface area contributed by atoms with Gasteiger partial charge in [-0.3, -0.25) is 0 Å². The molecule has 1 aromatic rings. The summed E-state index contributed by atoms with van der Waals surface area (Å²) in [6.07, 6.45) is 5.87. The van der Waals surface area contributed by atoms with Crippen LogP contribution >= 0.6 is 0 Å². The van der Waals surface area contributed by atoms with E-state index in [1.165, 1.54) is 7.11 Å². The Morgan fingerprint density at radius 1 is 1.71 bits per heavy atom. The highest BCUT2D eigenvalue weighted by molar-refractivity contribution is 5.90. The highest BCUT2D eigenvalue weighted by Gasteiger charge is 2.15. The van der Waals surface area contributed by atoms with Gasteiger partial charge in [-0.2, -0.15) is 0 Å². The van der Waals surface area contributed by atoms with Crippen LogP contribution in [0.3, 0.4) is 0 Å². The number of nitrogens with one attached hydrogen (secondary N) is 1. The van der Waals surface area contributed by atoms with Crippen LogP contribution in [0.15, 0.2) is 10.5 Å². The Bertz CT molecular complexity index is 428. The molecule has 92 valence electrons. The molecule has 0 aliphatic heterocycles. The van der Waals surface area contributed by atoms with Crippen LogP contribution in [0.2, 0.25) is 0 Å². The van der Waals surface area contributed by atoms with Gasteiger partial charge >= 0.3 is 5.97 Å². The van der Waals surface area contributed by atoms with Crippen molar-refractivity contribution in [2.24, 2.45) is 0 Å². The Labute approximate surface area is 101 Å². The molecule has 1 rings (SSSR count). The minimum absolute atomic E-state index is 0.215. The molecule has 0 amide bonds. The van der Waals surface area contributed by atoms with Crippen LogP contribution in [0.4, 0.5) is 0 Å². The van der Waals surface area contributed by atoms with Crippen molar-refractivity contribution >= 4 is 5.97 Å². The highest BCUT2D eigenvalue weighted by Crippen LogP contribution is 2.15. The Balaban J connectivity index is 2.62. The van der Waals surface area contributed by atoms with Gasteiger partial charge in [0.1, 0.15) is 17.1 Å². The van der Waals surface area contributed by atoms with Gasteiger partial charge in [0.05, 0.1) is 13.7 Å². The second kappa shape index (κ2) is 6.12. The smallest absolute Gasteiger partial charge is 0.341 e. The first-order valence-electron chi connectivity index (χ1n) is 5.43. The predicted molar refractivity (Wildman–Crippen MR) is 64.5 cm³/mol. The lowest BCUT2D eigenvalue weighted by Gasteiger charge is -2.08. The third-order valence-corrected chi connectivity index (χ3v) is 2.42. The number of hydrogen-bond donors (Lipinski definition) is 1. The zero-order valence-electron chi connectivity index (χ0n) is 10.4. The van der Waals surface area contributed by atoms with E-state index in [1.54, 1.807) is 13.0 Å². The van der Waals surface area contributed by atoms with E-state index in [9.17, 15) is 4.79 Å². The summed E-state index contributed by atoms with van der Waals surface area (Å²) < 4.78 is 10.1. The van der Waals surface area contributed by atoms with Gasteiger partial charge in [-0.05, 0) is 19.9 Å². The summed E-state index contributed by atoms with van der Waals surface area (Å²) in [5, 5.41) is 3.21. The summed E-state index contributed by atoms with van der Waals surface area (Å²) in [6.45, 7) is 4.28. The molecule has 0 radical (unpaired) electrons. The normalized spacial score (nSPS) is 11.9. The van der Waals surface area contributed by atoms with E-state index >= 15 is 0 Å². The average molecular weight is 235 g/mol. The summed E-state index contributed by atoms with van der Waals surface area (Å²) in [5.41, 5.74) is 0.467. The standard InChI is InChI=1S/C13H17NO3/c1-5-6-9(2)14-8-11-7-12(10(3)17-11)13(15)16-4/h1,7,9,14H,6,8H2,2-4H3. The molecular formula is C13H17NO3. The quantitative estimate of drug-likeness (QED) is 0.625. The van der Waals surface area contributed by atoms with Gasteiger partial charge in [0.2, 0.25) is 0 Å². The van der Waals surface area contributed by atoms with Gasteiger partial charge in [-0.25, -0.2) is 4.79 Å². The van der Waals surface area contributed by atoms with Crippen molar-refractivity contribution in [2.45, 2.75) is 32.9 Å². The molecule has 1 atom stereocenters. The average Bonchev–Trinajstić information content (AvgIpc) is 2.67. The van der Waals surface area contributed by atoms with Crippen molar-refractivity contribution in [1.29, 1.82) is 0 Å². The highest BCUT2D eigenvalue weighted by atomic mass is 16.5. The Morgan fingerprint density at radius 3 is 3.00 bits per heavy atom. The van der Waals surface area contributed by atoms with Gasteiger partial charge < -0.3 is 14.5 Å². The molecule has 1 aromatic heterocycles. The molecule has 1 heterocycles. The molecule has 1 unspecified atom stereocenters. The van der Waals surface area contributed by atoms with E-state index < -0.39 is 0 Å². The lowest BCUT2D eigenvalue weighted by Crippen LogP contribution is -2.24. The van der Waals surface area contributed by atoms with Crippen LogP contribution in [-0.4, -0.2) is 19.1 Å². The monoisotopic (exact) mass is 235 g/mol. The first-order chi connectivity index (χ1) is 8.08. The predicted octanol–water partition coefficient (Wildman–Crippen LogP) is 1.88. The third kappa shape index (κ3) is 3.65. The molecule has 4 nitrogen and oxygen atoms in total. The van der Waals surface area contributed by atoms with Crippen LogP contribution in [0.25, 0.3) is 0 Å². The number of methoxy groups -OCH3 is 1. The number of carbonyl (C=O) groups is 1. The van der Waals surface area contributed by atoms with Gasteiger partial charge in [-0.1, -0.05) is 0 Å². The first kappa shape index (κ1) is 13.3. The van der Waals surface area contributed by atoms with Gasteiger partial charge in [-0.15, -0.1) is 12.3 Å². The van der Waals surface area contributed by atoms with Gasteiger partial charge in [0.25, 0.3) is 0 Å². The van der Waals surface area contributed by atoms with Gasteiger partial charge in [0, 0.05) is 12.5 Å². The maximum atomic E-state index is 11.4. The number of carbonyl (C=O) groups excluding carboxylic acids is 1. The van der Waals surface area contributed by atoms with Crippen molar-refractivity contribution in [1.82, 2.24) is 5.32 Å². The summed E-state index contributed by atoms with van der Waals surface area (Å²) >= 11 is 0. The molecule has 4 heteroatoms. The molecular weight excluding hydrogens is 218 g/mol. The number of terminal acetylenes is 1. The van der Waals surface area contributed by atoms with Crippen molar-refractivity contribution in [3.05, 3.63) is 23.2 Å². The Hall–Kier alpha value is -1.73. The Morgan fingerprint density at radius 2 is 2.41 bits per heavy atom. The minimum Gasteiger partial charge on any atom is -0.465 e. The fourth-order valence-electron chi connectivity index (χ4n) is 1.47. The second-order valence-electron chi connectivity index (χ2n) is 3.86. The fraction of sp³-hybridized carbons (Fsp3) is 0.462. The summed E-state index contributed by atoms with van der Waals surface area (Å²) in [7, 11) is 1.35. The summed E-state index contributed by atoms with van der Waals surface area (Å²) in [5.74, 6) is 3.47. The molecule has 0 saturated carbocycles. The van der Waals surface area contributed by atoms with Crippen molar-refractivity contribution in [2.75, 3.05) is 7.11 Å². The maximum absolute atomic E-state index is 11.4. The number of aryl methyl sites for hydroxylation is 1. The lowest BCUT2D eigenvalue weighted by molar-refractivity contribution is 0.0599. The first-order valence-corrected chi connectivity index (χ1v) is 5.43. The van der Waals surface area contributed by atoms with Crippen molar-refractivity contribution in [3.8, 4) is 12.3 Å². The summed E-state index contributed by atoms with van der Waals surface area (Å²) in [6, 6.07) is 1.91. The third-order valence-electron chi connectivity index (χ3n) is 2.42. The van der Waals surface area contributed by atoms with Crippen LogP contribution in [0, 0.1) is 19.3 Å². The number of furan rings is 1. The fourth-order valence-corrected chi connectivity index (χ4v) is 1.47. The molecule has 0 aliphatic rings. The van der Waals surface area contributed by atoms with E-state index in [-0.39, 0.29) is 12.0 Å². The number of hydrogen-bond acceptors (Lipinski definition) is 4. The number of esters is 1. The molecule has 1 N–H and O–H groups in total. The second-order valence-corrected chi connectivity index (χ2v) is 3.86. The molecule has 0 spiro atoms. The maximum Gasteiger partial charge on any atom is 0.341 e. The van der Waals surface area contributed by atoms with E-state index in [1.807, 2.05) is 6.92 Å². The van der Waals surface area contributed by atoms with Crippen LogP contribution in [0.5, 0.6) is 0 Å². The van der Waals surface area contributed by atoms with Crippen molar-refractivity contribution < 1.29 is 13.9 Å². The van der Waals surface area contributed by atoms with Crippen LogP contribution in [-0.2, 0) is 11.3 Å². The minimum atomic E-state index is -0.380. The molecule has 17 heavy (non-hydrogen) atoms. The van der Waals surface area contributed by atoms with Crippen molar-refractivity contribution in [3.63, 3.8) is 0 Å². The molecule has 0 saturated heterocycles. The SMILES string of the molecule is C#CCC(C)NCc1cc(C(=O)OC)c(C)o1. The summed E-state index contributed by atoms with van der Waals surface area (Å²) in [4.78, 5) is 11.4. The zero-order valence-corrected chi connectivity index (χ0v) is 10.4. The topological polar surface area (TPSA) is 51.5 Å². The van der Waals surface area contributed by atoms with Crippen LogP contribution in [0.1, 0.15) is 35.2 Å². The number of ether oxygens (including phenoxy) is 1. The molecule has 0 bridgehead atoms. The lowest BCUT2D eigenvalue weighted by atomic mass is 10.2. The largest absolute Gasteiger partial charge is 0.465 e. The van der Waals surface area contributed by atoms with E-state index in [4.69, 9.17) is 10.8 Å². The molecule has 0 aliphatic carbocycles. The van der Waals surface area contributed by atoms with E-state index in [2.05, 4.69) is 16.0 Å². The van der Waals surface area contributed by atoms with E-state index in [0.717, 1.165) is 0 Å². The Kier molecular flexibility index (Phi) is 4.80. The molecule has 0 aromatic carbocycles. The number of rotatable bonds is 5. The van der Waals surface area contributed by atoms with E-state index in [0.29, 0.717) is 30.0 Å². The zero-order chi connectivity index (χ0) is 12.8. The van der Waals surface area contributed by atoms with Crippen LogP contribution < -0.4 is 5.32 Å². The molecule has 0 fully saturated rings. The van der Waals surface area contributed by atoms with Gasteiger partial charge in [0.15, 0.2) is 0 Å².